The molecule has 0 spiro atoms. The van der Waals surface area contributed by atoms with Crippen LogP contribution in [-0.4, -0.2) is 24.5 Å². The van der Waals surface area contributed by atoms with Crippen LogP contribution in [0.3, 0.4) is 0 Å². The number of hydrogen-bond acceptors (Lipinski definition) is 2. The summed E-state index contributed by atoms with van der Waals surface area (Å²) in [5.74, 6) is 1.42. The van der Waals surface area contributed by atoms with Crippen LogP contribution in [-0.2, 0) is 4.79 Å². The zero-order chi connectivity index (χ0) is 13.9. The summed E-state index contributed by atoms with van der Waals surface area (Å²) in [6.45, 7) is 3.20. The molecule has 4 unspecified atom stereocenters. The average Bonchev–Trinajstić information content (AvgIpc) is 3.27. The molecule has 1 aliphatic heterocycles. The minimum atomic E-state index is 0.0192. The highest BCUT2D eigenvalue weighted by Crippen LogP contribution is 2.40. The number of nitrogens with one attached hydrogen (secondary N) is 2. The minimum absolute atomic E-state index is 0.0192. The molecule has 3 nitrogen and oxygen atoms in total. The van der Waals surface area contributed by atoms with Gasteiger partial charge >= 0.3 is 0 Å². The van der Waals surface area contributed by atoms with E-state index >= 15 is 0 Å². The summed E-state index contributed by atoms with van der Waals surface area (Å²) in [5.41, 5.74) is 1.35. The molecule has 4 atom stereocenters. The van der Waals surface area contributed by atoms with E-state index in [1.54, 1.807) is 0 Å². The number of hydrogen-bond donors (Lipinski definition) is 2. The Hall–Kier alpha value is -1.35. The number of piperidine rings is 1. The van der Waals surface area contributed by atoms with Gasteiger partial charge in [-0.05, 0) is 37.3 Å². The van der Waals surface area contributed by atoms with Gasteiger partial charge in [-0.25, -0.2) is 0 Å². The first-order valence-electron chi connectivity index (χ1n) is 7.86. The fourth-order valence-corrected chi connectivity index (χ4v) is 3.27. The SMILES string of the molecule is CCC1CCNC(C(=O)NC2CC2c2ccccc2)C1. The molecular weight excluding hydrogens is 248 g/mol. The zero-order valence-corrected chi connectivity index (χ0v) is 12.1. The van der Waals surface area contributed by atoms with Crippen molar-refractivity contribution in [1.29, 1.82) is 0 Å². The van der Waals surface area contributed by atoms with E-state index in [0.717, 1.165) is 19.4 Å². The standard InChI is InChI=1S/C17H24N2O/c1-2-12-8-9-18-16(10-12)17(20)19-15-11-14(15)13-6-4-3-5-7-13/h3-7,12,14-16,18H,2,8-11H2,1H3,(H,19,20). The molecule has 108 valence electrons. The summed E-state index contributed by atoms with van der Waals surface area (Å²) in [6.07, 6.45) is 4.46. The van der Waals surface area contributed by atoms with Crippen molar-refractivity contribution in [3.8, 4) is 0 Å². The van der Waals surface area contributed by atoms with E-state index in [9.17, 15) is 4.79 Å². The Balaban J connectivity index is 1.51. The van der Waals surface area contributed by atoms with Crippen molar-refractivity contribution >= 4 is 5.91 Å². The lowest BCUT2D eigenvalue weighted by Crippen LogP contribution is -2.49. The summed E-state index contributed by atoms with van der Waals surface area (Å²) in [6, 6.07) is 10.9. The Morgan fingerprint density at radius 3 is 2.85 bits per heavy atom. The second kappa shape index (κ2) is 5.96. The second-order valence-electron chi connectivity index (χ2n) is 6.17. The van der Waals surface area contributed by atoms with Crippen molar-refractivity contribution in [3.05, 3.63) is 35.9 Å². The smallest absolute Gasteiger partial charge is 0.237 e. The number of carbonyl (C=O) groups is 1. The lowest BCUT2D eigenvalue weighted by atomic mass is 9.90. The van der Waals surface area contributed by atoms with Crippen molar-refractivity contribution in [2.75, 3.05) is 6.54 Å². The van der Waals surface area contributed by atoms with E-state index in [1.807, 2.05) is 6.07 Å². The molecule has 2 N–H and O–H groups in total. The van der Waals surface area contributed by atoms with E-state index < -0.39 is 0 Å². The van der Waals surface area contributed by atoms with E-state index in [2.05, 4.69) is 41.8 Å². The van der Waals surface area contributed by atoms with Crippen LogP contribution in [0.4, 0.5) is 0 Å². The summed E-state index contributed by atoms with van der Waals surface area (Å²) < 4.78 is 0. The topological polar surface area (TPSA) is 41.1 Å². The van der Waals surface area contributed by atoms with Gasteiger partial charge in [-0.2, -0.15) is 0 Å². The molecule has 1 aromatic carbocycles. The molecule has 1 heterocycles. The third-order valence-corrected chi connectivity index (χ3v) is 4.75. The Labute approximate surface area is 121 Å². The monoisotopic (exact) mass is 272 g/mol. The van der Waals surface area contributed by atoms with Crippen LogP contribution in [0.1, 0.15) is 44.1 Å². The number of rotatable bonds is 4. The minimum Gasteiger partial charge on any atom is -0.351 e. The molecule has 1 aliphatic carbocycles. The van der Waals surface area contributed by atoms with Crippen LogP contribution in [0, 0.1) is 5.92 Å². The molecule has 3 heteroatoms. The fraction of sp³-hybridized carbons (Fsp3) is 0.588. The molecule has 1 saturated heterocycles. The van der Waals surface area contributed by atoms with Crippen LogP contribution >= 0.6 is 0 Å². The van der Waals surface area contributed by atoms with Gasteiger partial charge in [0.05, 0.1) is 6.04 Å². The third-order valence-electron chi connectivity index (χ3n) is 4.75. The summed E-state index contributed by atoms with van der Waals surface area (Å²) in [5, 5.41) is 6.57. The van der Waals surface area contributed by atoms with Crippen LogP contribution in [0.25, 0.3) is 0 Å². The van der Waals surface area contributed by atoms with Gasteiger partial charge in [0.2, 0.25) is 5.91 Å². The van der Waals surface area contributed by atoms with E-state index in [4.69, 9.17) is 0 Å². The Morgan fingerprint density at radius 2 is 2.10 bits per heavy atom. The molecular formula is C17H24N2O. The van der Waals surface area contributed by atoms with Gasteiger partial charge < -0.3 is 10.6 Å². The maximum Gasteiger partial charge on any atom is 0.237 e. The predicted molar refractivity (Wildman–Crippen MR) is 80.5 cm³/mol. The van der Waals surface area contributed by atoms with Gasteiger partial charge in [0.25, 0.3) is 0 Å². The lowest BCUT2D eigenvalue weighted by molar-refractivity contribution is -0.124. The lowest BCUT2D eigenvalue weighted by Gasteiger charge is -2.28. The van der Waals surface area contributed by atoms with Gasteiger partial charge in [-0.3, -0.25) is 4.79 Å². The zero-order valence-electron chi connectivity index (χ0n) is 12.1. The van der Waals surface area contributed by atoms with E-state index in [-0.39, 0.29) is 11.9 Å². The molecule has 0 radical (unpaired) electrons. The highest BCUT2D eigenvalue weighted by atomic mass is 16.2. The third kappa shape index (κ3) is 3.04. The molecule has 0 aromatic heterocycles. The van der Waals surface area contributed by atoms with Gasteiger partial charge in [-0.15, -0.1) is 0 Å². The normalized spacial score (nSPS) is 32.6. The van der Waals surface area contributed by atoms with Crippen molar-refractivity contribution in [1.82, 2.24) is 10.6 Å². The van der Waals surface area contributed by atoms with Crippen LogP contribution in [0.15, 0.2) is 30.3 Å². The Kier molecular flexibility index (Phi) is 4.06. The van der Waals surface area contributed by atoms with Gasteiger partial charge in [0.15, 0.2) is 0 Å². The van der Waals surface area contributed by atoms with Crippen molar-refractivity contribution in [3.63, 3.8) is 0 Å². The fourth-order valence-electron chi connectivity index (χ4n) is 3.27. The highest BCUT2D eigenvalue weighted by Gasteiger charge is 2.40. The second-order valence-corrected chi connectivity index (χ2v) is 6.17. The van der Waals surface area contributed by atoms with Crippen molar-refractivity contribution in [2.24, 2.45) is 5.92 Å². The maximum atomic E-state index is 12.3. The number of carbonyl (C=O) groups excluding carboxylic acids is 1. The average molecular weight is 272 g/mol. The highest BCUT2D eigenvalue weighted by molar-refractivity contribution is 5.82. The number of benzene rings is 1. The number of amides is 1. The maximum absolute atomic E-state index is 12.3. The van der Waals surface area contributed by atoms with Gasteiger partial charge in [0, 0.05) is 12.0 Å². The van der Waals surface area contributed by atoms with Gasteiger partial charge in [-0.1, -0.05) is 43.7 Å². The summed E-state index contributed by atoms with van der Waals surface area (Å²) >= 11 is 0. The summed E-state index contributed by atoms with van der Waals surface area (Å²) in [7, 11) is 0. The predicted octanol–water partition coefficient (Wildman–Crippen LogP) is 2.44. The van der Waals surface area contributed by atoms with E-state index in [0.29, 0.717) is 17.9 Å². The van der Waals surface area contributed by atoms with Crippen molar-refractivity contribution in [2.45, 2.75) is 50.6 Å². The molecule has 0 bridgehead atoms. The summed E-state index contributed by atoms with van der Waals surface area (Å²) in [4.78, 5) is 12.3. The molecule has 1 aromatic rings. The van der Waals surface area contributed by atoms with Crippen LogP contribution < -0.4 is 10.6 Å². The first-order chi connectivity index (χ1) is 9.78. The Morgan fingerprint density at radius 1 is 1.30 bits per heavy atom. The largest absolute Gasteiger partial charge is 0.351 e. The molecule has 1 amide bonds. The van der Waals surface area contributed by atoms with E-state index in [1.165, 1.54) is 18.4 Å². The first-order valence-corrected chi connectivity index (χ1v) is 7.86. The molecule has 1 saturated carbocycles. The molecule has 2 fully saturated rings. The molecule has 20 heavy (non-hydrogen) atoms. The quantitative estimate of drug-likeness (QED) is 0.884. The first kappa shape index (κ1) is 13.6. The molecule has 3 rings (SSSR count). The molecule has 2 aliphatic rings. The Bertz CT molecular complexity index is 459. The van der Waals surface area contributed by atoms with Crippen molar-refractivity contribution < 1.29 is 4.79 Å². The van der Waals surface area contributed by atoms with Crippen LogP contribution in [0.5, 0.6) is 0 Å². The van der Waals surface area contributed by atoms with Gasteiger partial charge in [0.1, 0.15) is 0 Å². The van der Waals surface area contributed by atoms with Crippen LogP contribution in [0.2, 0.25) is 0 Å².